The monoisotopic (exact) mass is 441 g/mol. The van der Waals surface area contributed by atoms with Gasteiger partial charge in [-0.25, -0.2) is 4.39 Å². The molecule has 0 N–H and O–H groups in total. The van der Waals surface area contributed by atoms with Crippen LogP contribution in [0.3, 0.4) is 0 Å². The smallest absolute Gasteiger partial charge is 0.262 e. The van der Waals surface area contributed by atoms with E-state index in [-0.39, 0.29) is 29.5 Å². The van der Waals surface area contributed by atoms with Gasteiger partial charge in [0.1, 0.15) is 0 Å². The van der Waals surface area contributed by atoms with Gasteiger partial charge in [-0.1, -0.05) is 30.0 Å². The number of aryl methyl sites for hydroxylation is 1. The van der Waals surface area contributed by atoms with Crippen molar-refractivity contribution in [3.63, 3.8) is 0 Å². The third-order valence-corrected chi connectivity index (χ3v) is 5.90. The van der Waals surface area contributed by atoms with Crippen molar-refractivity contribution in [3.8, 4) is 5.75 Å². The van der Waals surface area contributed by atoms with E-state index in [0.29, 0.717) is 27.4 Å². The van der Waals surface area contributed by atoms with Gasteiger partial charge < -0.3 is 9.64 Å². The molecule has 31 heavy (non-hydrogen) atoms. The van der Waals surface area contributed by atoms with E-state index in [1.54, 1.807) is 36.7 Å². The second-order valence-corrected chi connectivity index (χ2v) is 7.95. The summed E-state index contributed by atoms with van der Waals surface area (Å²) < 4.78 is 22.0. The minimum atomic E-state index is -0.470. The van der Waals surface area contributed by atoms with Gasteiger partial charge in [0.15, 0.2) is 16.7 Å². The topological polar surface area (TPSA) is 81.7 Å². The van der Waals surface area contributed by atoms with Gasteiger partial charge in [-0.2, -0.15) is 0 Å². The summed E-state index contributed by atoms with van der Waals surface area (Å²) in [7, 11) is 4.70. The van der Waals surface area contributed by atoms with E-state index in [1.165, 1.54) is 40.5 Å². The van der Waals surface area contributed by atoms with Crippen LogP contribution in [0.15, 0.2) is 52.4 Å². The summed E-state index contributed by atoms with van der Waals surface area (Å²) in [5, 5.41) is 9.36. The predicted molar refractivity (Wildman–Crippen MR) is 116 cm³/mol. The fraction of sp³-hybridized carbons (Fsp3) is 0.238. The number of carbonyl (C=O) groups is 1. The van der Waals surface area contributed by atoms with Crippen molar-refractivity contribution in [2.45, 2.75) is 11.7 Å². The van der Waals surface area contributed by atoms with Gasteiger partial charge in [-0.3, -0.25) is 18.6 Å². The Morgan fingerprint density at radius 1 is 1.23 bits per heavy atom. The summed E-state index contributed by atoms with van der Waals surface area (Å²) in [5.41, 5.74) is 1.19. The molecule has 0 fully saturated rings. The van der Waals surface area contributed by atoms with E-state index in [9.17, 15) is 14.0 Å². The Balaban J connectivity index is 1.53. The van der Waals surface area contributed by atoms with Gasteiger partial charge in [-0.15, -0.1) is 10.2 Å². The standard InChI is InChI=1S/C21H20FN5O3S/c1-25(11-13-8-9-17(30-3)15(22)10-13)18(28)12-31-21-24-23-20-26(2)19(29)14-6-4-5-7-16(14)27(20)21/h4-10H,11-12H2,1-3H3. The summed E-state index contributed by atoms with van der Waals surface area (Å²) in [4.78, 5) is 26.7. The highest BCUT2D eigenvalue weighted by atomic mass is 32.2. The zero-order valence-electron chi connectivity index (χ0n) is 17.2. The maximum absolute atomic E-state index is 13.9. The number of thioether (sulfide) groups is 1. The molecule has 0 saturated carbocycles. The summed E-state index contributed by atoms with van der Waals surface area (Å²) in [6.45, 7) is 0.262. The quantitative estimate of drug-likeness (QED) is 0.428. The largest absolute Gasteiger partial charge is 0.494 e. The molecule has 2 aromatic carbocycles. The Labute approximate surface area is 181 Å². The van der Waals surface area contributed by atoms with Crippen LogP contribution >= 0.6 is 11.8 Å². The molecule has 1 amide bonds. The lowest BCUT2D eigenvalue weighted by Crippen LogP contribution is -2.28. The first-order valence-corrected chi connectivity index (χ1v) is 10.4. The van der Waals surface area contributed by atoms with Crippen molar-refractivity contribution in [3.05, 3.63) is 64.2 Å². The summed E-state index contributed by atoms with van der Waals surface area (Å²) in [6, 6.07) is 11.8. The van der Waals surface area contributed by atoms with Crippen LogP contribution in [0.2, 0.25) is 0 Å². The van der Waals surface area contributed by atoms with Crippen LogP contribution in [0.5, 0.6) is 5.75 Å². The van der Waals surface area contributed by atoms with E-state index in [1.807, 2.05) is 12.1 Å². The number of rotatable bonds is 6. The van der Waals surface area contributed by atoms with Gasteiger partial charge in [-0.05, 0) is 29.8 Å². The van der Waals surface area contributed by atoms with Crippen LogP contribution in [0.25, 0.3) is 16.7 Å². The molecular weight excluding hydrogens is 421 g/mol. The Kier molecular flexibility index (Phi) is 5.64. The number of para-hydroxylation sites is 1. The number of hydrogen-bond acceptors (Lipinski definition) is 6. The third-order valence-electron chi connectivity index (χ3n) is 4.98. The zero-order valence-corrected chi connectivity index (χ0v) is 18.0. The van der Waals surface area contributed by atoms with Gasteiger partial charge in [0.05, 0.1) is 23.8 Å². The van der Waals surface area contributed by atoms with E-state index in [2.05, 4.69) is 10.2 Å². The first-order valence-electron chi connectivity index (χ1n) is 9.42. The molecule has 160 valence electrons. The number of fused-ring (bicyclic) bond motifs is 3. The van der Waals surface area contributed by atoms with Crippen LogP contribution in [0.1, 0.15) is 5.56 Å². The molecule has 0 bridgehead atoms. The van der Waals surface area contributed by atoms with Crippen molar-refractivity contribution in [1.82, 2.24) is 24.1 Å². The van der Waals surface area contributed by atoms with E-state index < -0.39 is 5.82 Å². The van der Waals surface area contributed by atoms with Crippen LogP contribution in [-0.4, -0.2) is 49.9 Å². The number of amides is 1. The lowest BCUT2D eigenvalue weighted by Gasteiger charge is -2.17. The van der Waals surface area contributed by atoms with Crippen molar-refractivity contribution in [1.29, 1.82) is 0 Å². The van der Waals surface area contributed by atoms with Crippen LogP contribution in [0.4, 0.5) is 4.39 Å². The van der Waals surface area contributed by atoms with Crippen LogP contribution < -0.4 is 10.3 Å². The number of aromatic nitrogens is 4. The molecule has 0 spiro atoms. The second-order valence-electron chi connectivity index (χ2n) is 7.01. The summed E-state index contributed by atoms with van der Waals surface area (Å²) >= 11 is 1.23. The van der Waals surface area contributed by atoms with Crippen molar-refractivity contribution in [2.75, 3.05) is 19.9 Å². The molecule has 0 atom stereocenters. The van der Waals surface area contributed by atoms with Crippen molar-refractivity contribution < 1.29 is 13.9 Å². The van der Waals surface area contributed by atoms with E-state index in [0.717, 1.165) is 0 Å². The van der Waals surface area contributed by atoms with E-state index >= 15 is 0 Å². The fourth-order valence-electron chi connectivity index (χ4n) is 3.31. The van der Waals surface area contributed by atoms with Gasteiger partial charge in [0.25, 0.3) is 5.56 Å². The molecule has 2 heterocycles. The van der Waals surface area contributed by atoms with Gasteiger partial charge >= 0.3 is 0 Å². The SMILES string of the molecule is COc1ccc(CN(C)C(=O)CSc2nnc3n(C)c(=O)c4ccccc4n23)cc1F. The minimum absolute atomic E-state index is 0.118. The number of methoxy groups -OCH3 is 1. The number of hydrogen-bond donors (Lipinski definition) is 0. The number of benzene rings is 2. The Morgan fingerprint density at radius 3 is 2.74 bits per heavy atom. The number of ether oxygens (including phenoxy) is 1. The van der Waals surface area contributed by atoms with Crippen LogP contribution in [-0.2, 0) is 18.4 Å². The average Bonchev–Trinajstić information content (AvgIpc) is 3.20. The normalized spacial score (nSPS) is 11.2. The molecule has 0 aliphatic heterocycles. The lowest BCUT2D eigenvalue weighted by molar-refractivity contribution is -0.127. The van der Waals surface area contributed by atoms with Crippen LogP contribution in [0, 0.1) is 5.82 Å². The summed E-state index contributed by atoms with van der Waals surface area (Å²) in [6.07, 6.45) is 0. The maximum atomic E-state index is 13.9. The molecule has 0 saturated heterocycles. The fourth-order valence-corrected chi connectivity index (χ4v) is 4.19. The molecule has 2 aromatic heterocycles. The predicted octanol–water partition coefficient (Wildman–Crippen LogP) is 2.48. The van der Waals surface area contributed by atoms with Gasteiger partial charge in [0, 0.05) is 20.6 Å². The maximum Gasteiger partial charge on any atom is 0.262 e. The molecule has 0 radical (unpaired) electrons. The van der Waals surface area contributed by atoms with E-state index in [4.69, 9.17) is 4.74 Å². The minimum Gasteiger partial charge on any atom is -0.494 e. The molecular formula is C21H20FN5O3S. The molecule has 10 heteroatoms. The Hall–Kier alpha value is -3.40. The highest BCUT2D eigenvalue weighted by molar-refractivity contribution is 7.99. The number of carbonyl (C=O) groups excluding carboxylic acids is 1. The molecule has 0 unspecified atom stereocenters. The average molecular weight is 441 g/mol. The number of nitrogens with zero attached hydrogens (tertiary/aromatic N) is 5. The number of halogens is 1. The third kappa shape index (κ3) is 3.86. The molecule has 8 nitrogen and oxygen atoms in total. The van der Waals surface area contributed by atoms with Crippen molar-refractivity contribution in [2.24, 2.45) is 7.05 Å². The molecule has 0 aliphatic carbocycles. The summed E-state index contributed by atoms with van der Waals surface area (Å²) in [5.74, 6) is 0.0664. The van der Waals surface area contributed by atoms with Crippen molar-refractivity contribution >= 4 is 34.3 Å². The first-order chi connectivity index (χ1) is 14.9. The lowest BCUT2D eigenvalue weighted by atomic mass is 10.2. The molecule has 0 aliphatic rings. The van der Waals surface area contributed by atoms with Gasteiger partial charge in [0.2, 0.25) is 11.7 Å². The highest BCUT2D eigenvalue weighted by Crippen LogP contribution is 2.22. The Morgan fingerprint density at radius 2 is 2.00 bits per heavy atom. The molecule has 4 rings (SSSR count). The zero-order chi connectivity index (χ0) is 22.1. The second kappa shape index (κ2) is 8.38. The highest BCUT2D eigenvalue weighted by Gasteiger charge is 2.17. The Bertz CT molecular complexity index is 1350. The first kappa shape index (κ1) is 20.9. The molecule has 4 aromatic rings.